The van der Waals surface area contributed by atoms with E-state index in [1.54, 1.807) is 0 Å². The molecule has 0 aliphatic heterocycles. The Morgan fingerprint density at radius 1 is 1.35 bits per heavy atom. The highest BCUT2D eigenvalue weighted by molar-refractivity contribution is 5.81. The van der Waals surface area contributed by atoms with Crippen molar-refractivity contribution < 1.29 is 4.79 Å². The van der Waals surface area contributed by atoms with Crippen LogP contribution in [0.1, 0.15) is 44.2 Å². The first-order valence-electron chi connectivity index (χ1n) is 7.66. The fourth-order valence-corrected chi connectivity index (χ4v) is 2.39. The lowest BCUT2D eigenvalue weighted by Gasteiger charge is -2.19. The Hall–Kier alpha value is -1.35. The molecule has 0 heterocycles. The van der Waals surface area contributed by atoms with Crippen molar-refractivity contribution in [2.24, 2.45) is 0 Å². The van der Waals surface area contributed by atoms with E-state index in [-0.39, 0.29) is 11.9 Å². The molecule has 1 aromatic carbocycles. The number of hydrogen-bond acceptors (Lipinski definition) is 2. The SMILES string of the molecule is Cc1cccc(CCC(C)NC(C)C(=O)NC2CC2)c1. The molecule has 0 spiro atoms. The van der Waals surface area contributed by atoms with Crippen molar-refractivity contribution in [2.45, 2.75) is 64.6 Å². The number of benzene rings is 1. The van der Waals surface area contributed by atoms with Gasteiger partial charge < -0.3 is 10.6 Å². The number of carbonyl (C=O) groups excluding carboxylic acids is 1. The van der Waals surface area contributed by atoms with Crippen LogP contribution in [-0.2, 0) is 11.2 Å². The number of rotatable bonds is 7. The molecule has 1 aliphatic carbocycles. The highest BCUT2D eigenvalue weighted by Gasteiger charge is 2.25. The van der Waals surface area contributed by atoms with Crippen LogP contribution < -0.4 is 10.6 Å². The minimum atomic E-state index is -0.108. The first-order valence-corrected chi connectivity index (χ1v) is 7.66. The molecule has 2 N–H and O–H groups in total. The van der Waals surface area contributed by atoms with Gasteiger partial charge in [0.15, 0.2) is 0 Å². The van der Waals surface area contributed by atoms with Crippen LogP contribution in [0, 0.1) is 6.92 Å². The van der Waals surface area contributed by atoms with Crippen molar-refractivity contribution in [2.75, 3.05) is 0 Å². The van der Waals surface area contributed by atoms with Gasteiger partial charge in [-0.05, 0) is 52.0 Å². The maximum atomic E-state index is 11.9. The molecule has 3 heteroatoms. The molecule has 3 nitrogen and oxygen atoms in total. The van der Waals surface area contributed by atoms with Crippen LogP contribution in [0.5, 0.6) is 0 Å². The van der Waals surface area contributed by atoms with E-state index < -0.39 is 0 Å². The summed E-state index contributed by atoms with van der Waals surface area (Å²) in [5.74, 6) is 0.134. The van der Waals surface area contributed by atoms with E-state index in [0.717, 1.165) is 25.7 Å². The molecule has 2 atom stereocenters. The van der Waals surface area contributed by atoms with E-state index in [0.29, 0.717) is 12.1 Å². The van der Waals surface area contributed by atoms with Crippen molar-refractivity contribution >= 4 is 5.91 Å². The zero-order valence-electron chi connectivity index (χ0n) is 12.8. The molecule has 0 bridgehead atoms. The van der Waals surface area contributed by atoms with Crippen molar-refractivity contribution in [3.05, 3.63) is 35.4 Å². The predicted molar refractivity (Wildman–Crippen MR) is 82.7 cm³/mol. The largest absolute Gasteiger partial charge is 0.352 e. The van der Waals surface area contributed by atoms with Crippen LogP contribution >= 0.6 is 0 Å². The fourth-order valence-electron chi connectivity index (χ4n) is 2.39. The molecule has 0 aromatic heterocycles. The normalized spacial score (nSPS) is 17.6. The van der Waals surface area contributed by atoms with Crippen LogP contribution in [0.3, 0.4) is 0 Å². The van der Waals surface area contributed by atoms with Gasteiger partial charge in [-0.1, -0.05) is 29.8 Å². The summed E-state index contributed by atoms with van der Waals surface area (Å²) in [7, 11) is 0. The second kappa shape index (κ2) is 6.89. The van der Waals surface area contributed by atoms with Crippen molar-refractivity contribution in [1.29, 1.82) is 0 Å². The van der Waals surface area contributed by atoms with E-state index >= 15 is 0 Å². The molecule has 1 fully saturated rings. The standard InChI is InChI=1S/C17H26N2O/c1-12-5-4-6-15(11-12)8-7-13(2)18-14(3)17(20)19-16-9-10-16/h4-6,11,13-14,16,18H,7-10H2,1-3H3,(H,19,20). The number of aryl methyl sites for hydroxylation is 2. The maximum absolute atomic E-state index is 11.9. The Morgan fingerprint density at radius 2 is 2.10 bits per heavy atom. The molecule has 1 amide bonds. The number of hydrogen-bond donors (Lipinski definition) is 2. The molecular formula is C17H26N2O. The second-order valence-electron chi connectivity index (χ2n) is 6.10. The van der Waals surface area contributed by atoms with E-state index in [1.165, 1.54) is 11.1 Å². The van der Waals surface area contributed by atoms with Crippen molar-refractivity contribution in [3.63, 3.8) is 0 Å². The first-order chi connectivity index (χ1) is 9.54. The topological polar surface area (TPSA) is 41.1 Å². The van der Waals surface area contributed by atoms with E-state index in [4.69, 9.17) is 0 Å². The molecule has 1 saturated carbocycles. The summed E-state index contributed by atoms with van der Waals surface area (Å²) in [6, 6.07) is 9.30. The Bertz CT molecular complexity index is 454. The molecule has 2 unspecified atom stereocenters. The van der Waals surface area contributed by atoms with E-state index in [2.05, 4.69) is 48.7 Å². The zero-order chi connectivity index (χ0) is 14.5. The van der Waals surface area contributed by atoms with E-state index in [1.807, 2.05) is 6.92 Å². The Kier molecular flexibility index (Phi) is 5.18. The lowest BCUT2D eigenvalue weighted by Crippen LogP contribution is -2.46. The molecule has 1 aromatic rings. The van der Waals surface area contributed by atoms with Crippen LogP contribution in [-0.4, -0.2) is 24.0 Å². The zero-order valence-corrected chi connectivity index (χ0v) is 12.8. The van der Waals surface area contributed by atoms with Gasteiger partial charge in [-0.2, -0.15) is 0 Å². The monoisotopic (exact) mass is 274 g/mol. The average molecular weight is 274 g/mol. The van der Waals surface area contributed by atoms with Crippen LogP contribution in [0.2, 0.25) is 0 Å². The Morgan fingerprint density at radius 3 is 2.75 bits per heavy atom. The lowest BCUT2D eigenvalue weighted by molar-refractivity contribution is -0.123. The molecular weight excluding hydrogens is 248 g/mol. The number of amides is 1. The van der Waals surface area contributed by atoms with Crippen LogP contribution in [0.4, 0.5) is 0 Å². The lowest BCUT2D eigenvalue weighted by atomic mass is 10.0. The average Bonchev–Trinajstić information content (AvgIpc) is 3.20. The van der Waals surface area contributed by atoms with E-state index in [9.17, 15) is 4.79 Å². The van der Waals surface area contributed by atoms with Gasteiger partial charge in [0, 0.05) is 12.1 Å². The van der Waals surface area contributed by atoms with Crippen LogP contribution in [0.15, 0.2) is 24.3 Å². The van der Waals surface area contributed by atoms with Crippen molar-refractivity contribution in [3.8, 4) is 0 Å². The summed E-state index contributed by atoms with van der Waals surface area (Å²) in [6.07, 6.45) is 4.38. The van der Waals surface area contributed by atoms with Gasteiger partial charge in [0.2, 0.25) is 5.91 Å². The summed E-state index contributed by atoms with van der Waals surface area (Å²) in [4.78, 5) is 11.9. The van der Waals surface area contributed by atoms with Gasteiger partial charge in [0.05, 0.1) is 6.04 Å². The number of nitrogens with one attached hydrogen (secondary N) is 2. The van der Waals surface area contributed by atoms with Gasteiger partial charge >= 0.3 is 0 Å². The highest BCUT2D eigenvalue weighted by Crippen LogP contribution is 2.18. The maximum Gasteiger partial charge on any atom is 0.237 e. The third kappa shape index (κ3) is 4.97. The summed E-state index contributed by atoms with van der Waals surface area (Å²) in [6.45, 7) is 6.22. The number of carbonyl (C=O) groups is 1. The fraction of sp³-hybridized carbons (Fsp3) is 0.588. The summed E-state index contributed by atoms with van der Waals surface area (Å²) >= 11 is 0. The summed E-state index contributed by atoms with van der Waals surface area (Å²) in [5.41, 5.74) is 2.68. The molecule has 0 radical (unpaired) electrons. The minimum Gasteiger partial charge on any atom is -0.352 e. The Balaban J connectivity index is 1.71. The van der Waals surface area contributed by atoms with Crippen molar-refractivity contribution in [1.82, 2.24) is 10.6 Å². The second-order valence-corrected chi connectivity index (χ2v) is 6.10. The molecule has 0 saturated heterocycles. The molecule has 20 heavy (non-hydrogen) atoms. The van der Waals surface area contributed by atoms with Gasteiger partial charge in [-0.25, -0.2) is 0 Å². The third-order valence-electron chi connectivity index (χ3n) is 3.80. The van der Waals surface area contributed by atoms with Gasteiger partial charge in [0.1, 0.15) is 0 Å². The summed E-state index contributed by atoms with van der Waals surface area (Å²) < 4.78 is 0. The van der Waals surface area contributed by atoms with Gasteiger partial charge in [0.25, 0.3) is 0 Å². The van der Waals surface area contributed by atoms with Crippen LogP contribution in [0.25, 0.3) is 0 Å². The first kappa shape index (κ1) is 15.0. The molecule has 110 valence electrons. The molecule has 1 aliphatic rings. The summed E-state index contributed by atoms with van der Waals surface area (Å²) in [5, 5.41) is 6.42. The van der Waals surface area contributed by atoms with Gasteiger partial charge in [-0.15, -0.1) is 0 Å². The van der Waals surface area contributed by atoms with Gasteiger partial charge in [-0.3, -0.25) is 4.79 Å². The third-order valence-corrected chi connectivity index (χ3v) is 3.80. The minimum absolute atomic E-state index is 0.108. The smallest absolute Gasteiger partial charge is 0.237 e. The Labute approximate surface area is 122 Å². The quantitative estimate of drug-likeness (QED) is 0.802. The molecule has 2 rings (SSSR count). The highest BCUT2D eigenvalue weighted by atomic mass is 16.2. The predicted octanol–water partition coefficient (Wildman–Crippen LogP) is 2.57.